The van der Waals surface area contributed by atoms with Crippen LogP contribution in [0.5, 0.6) is 0 Å². The van der Waals surface area contributed by atoms with E-state index in [2.05, 4.69) is 5.32 Å². The van der Waals surface area contributed by atoms with Crippen LogP contribution < -0.4 is 5.32 Å². The Morgan fingerprint density at radius 1 is 1.12 bits per heavy atom. The van der Waals surface area contributed by atoms with Crippen LogP contribution in [0.4, 0.5) is 5.69 Å². The van der Waals surface area contributed by atoms with Crippen LogP contribution in [0.15, 0.2) is 48.5 Å². The third-order valence-corrected chi connectivity index (χ3v) is 4.94. The van der Waals surface area contributed by atoms with E-state index in [0.29, 0.717) is 28.3 Å². The van der Waals surface area contributed by atoms with Crippen LogP contribution in [0.25, 0.3) is 0 Å². The second kappa shape index (κ2) is 6.46. The molecule has 2 aromatic rings. The van der Waals surface area contributed by atoms with Gasteiger partial charge < -0.3 is 10.1 Å². The molecule has 2 amide bonds. The lowest BCUT2D eigenvalue weighted by atomic mass is 10.1. The Morgan fingerprint density at radius 2 is 1.85 bits per heavy atom. The highest BCUT2D eigenvalue weighted by molar-refractivity contribution is 6.33. The second-order valence-corrected chi connectivity index (χ2v) is 6.58. The first-order valence-corrected chi connectivity index (χ1v) is 8.60. The number of carbonyl (C=O) groups excluding carboxylic acids is 3. The minimum Gasteiger partial charge on any atom is -0.433 e. The van der Waals surface area contributed by atoms with Crippen LogP contribution in [0.3, 0.4) is 0 Å². The van der Waals surface area contributed by atoms with Crippen LogP contribution in [-0.4, -0.2) is 28.7 Å². The number of benzene rings is 2. The zero-order valence-electron chi connectivity index (χ0n) is 13.6. The normalized spacial score (nSPS) is 21.5. The number of esters is 1. The number of fused-ring (bicyclic) bond motifs is 1. The molecule has 2 aromatic carbocycles. The van der Waals surface area contributed by atoms with Gasteiger partial charge in [0.2, 0.25) is 18.0 Å². The highest BCUT2D eigenvalue weighted by Crippen LogP contribution is 2.38. The zero-order valence-corrected chi connectivity index (χ0v) is 14.4. The summed E-state index contributed by atoms with van der Waals surface area (Å²) >= 11 is 6.09. The fourth-order valence-electron chi connectivity index (χ4n) is 3.37. The van der Waals surface area contributed by atoms with E-state index in [0.717, 1.165) is 0 Å². The number of cyclic esters (lactones) is 1. The summed E-state index contributed by atoms with van der Waals surface area (Å²) in [6, 6.07) is 13.0. The molecule has 7 heteroatoms. The number of nitrogens with one attached hydrogen (secondary N) is 1. The van der Waals surface area contributed by atoms with Crippen molar-refractivity contribution in [3.8, 4) is 0 Å². The van der Waals surface area contributed by atoms with Crippen LogP contribution >= 0.6 is 11.6 Å². The SMILES string of the molecule is O=C1O[C@@H](N2C(=O)CC[C@@H]2C(=O)Nc2ccccc2Cl)c2ccccc21. The van der Waals surface area contributed by atoms with Crippen LogP contribution in [0.1, 0.15) is 35.0 Å². The number of amides is 2. The standard InChI is InChI=1S/C19H15ClN2O4/c20-13-7-3-4-8-14(13)21-17(24)15-9-10-16(23)22(15)18-11-5-1-2-6-12(11)19(25)26-18/h1-8,15,18H,9-10H2,(H,21,24)/t15-,18-/m1/s1. The van der Waals surface area contributed by atoms with E-state index in [-0.39, 0.29) is 18.2 Å². The van der Waals surface area contributed by atoms with Gasteiger partial charge in [0.05, 0.1) is 16.3 Å². The van der Waals surface area contributed by atoms with E-state index in [9.17, 15) is 14.4 Å². The Kier molecular flexibility index (Phi) is 4.12. The lowest BCUT2D eigenvalue weighted by Crippen LogP contribution is -2.43. The molecule has 1 fully saturated rings. The number of nitrogens with zero attached hydrogens (tertiary/aromatic N) is 1. The molecule has 26 heavy (non-hydrogen) atoms. The minimum absolute atomic E-state index is 0.219. The molecule has 2 atom stereocenters. The van der Waals surface area contributed by atoms with Crippen LogP contribution in [-0.2, 0) is 14.3 Å². The highest BCUT2D eigenvalue weighted by Gasteiger charge is 2.46. The van der Waals surface area contributed by atoms with Gasteiger partial charge in [-0.3, -0.25) is 14.5 Å². The molecule has 4 rings (SSSR count). The summed E-state index contributed by atoms with van der Waals surface area (Å²) in [7, 11) is 0. The summed E-state index contributed by atoms with van der Waals surface area (Å²) in [6.07, 6.45) is -0.307. The molecule has 0 unspecified atom stereocenters. The van der Waals surface area contributed by atoms with E-state index in [1.807, 2.05) is 0 Å². The van der Waals surface area contributed by atoms with Crippen LogP contribution in [0, 0.1) is 0 Å². The lowest BCUT2D eigenvalue weighted by Gasteiger charge is -2.29. The Morgan fingerprint density at radius 3 is 2.65 bits per heavy atom. The number of hydrogen-bond donors (Lipinski definition) is 1. The van der Waals surface area contributed by atoms with Crippen LogP contribution in [0.2, 0.25) is 5.02 Å². The fourth-order valence-corrected chi connectivity index (χ4v) is 3.55. The smallest absolute Gasteiger partial charge is 0.340 e. The Hall–Kier alpha value is -2.86. The number of carbonyl (C=O) groups is 3. The Bertz CT molecular complexity index is 914. The average molecular weight is 371 g/mol. The number of para-hydroxylation sites is 1. The number of likely N-dealkylation sites (tertiary alicyclic amines) is 1. The van der Waals surface area contributed by atoms with Gasteiger partial charge in [-0.15, -0.1) is 0 Å². The fraction of sp³-hybridized carbons (Fsp3) is 0.211. The number of halogens is 1. The van der Waals surface area contributed by atoms with Crippen molar-refractivity contribution in [3.05, 3.63) is 64.7 Å². The van der Waals surface area contributed by atoms with Gasteiger partial charge in [-0.1, -0.05) is 41.9 Å². The van der Waals surface area contributed by atoms with Gasteiger partial charge in [-0.05, 0) is 24.6 Å². The Labute approximate surface area is 154 Å². The maximum atomic E-state index is 12.8. The van der Waals surface area contributed by atoms with Gasteiger partial charge in [0.15, 0.2) is 0 Å². The maximum Gasteiger partial charge on any atom is 0.340 e. The molecule has 6 nitrogen and oxygen atoms in total. The molecule has 1 N–H and O–H groups in total. The Balaban J connectivity index is 1.62. The molecule has 2 heterocycles. The van der Waals surface area contributed by atoms with Gasteiger partial charge >= 0.3 is 5.97 Å². The summed E-state index contributed by atoms with van der Waals surface area (Å²) in [5, 5.41) is 3.17. The minimum atomic E-state index is -0.879. The van der Waals surface area contributed by atoms with Crippen molar-refractivity contribution >= 4 is 35.1 Å². The van der Waals surface area contributed by atoms with Gasteiger partial charge in [0, 0.05) is 12.0 Å². The molecule has 0 saturated carbocycles. The molecule has 2 aliphatic rings. The van der Waals surface area contributed by atoms with Crippen molar-refractivity contribution in [3.63, 3.8) is 0 Å². The molecule has 1 saturated heterocycles. The third kappa shape index (κ3) is 2.72. The van der Waals surface area contributed by atoms with Crippen molar-refractivity contribution in [2.24, 2.45) is 0 Å². The first-order valence-electron chi connectivity index (χ1n) is 8.23. The highest BCUT2D eigenvalue weighted by atomic mass is 35.5. The van der Waals surface area contributed by atoms with Gasteiger partial charge in [-0.25, -0.2) is 4.79 Å². The van der Waals surface area contributed by atoms with Crippen molar-refractivity contribution in [2.75, 3.05) is 5.32 Å². The predicted octanol–water partition coefficient (Wildman–Crippen LogP) is 3.14. The summed E-state index contributed by atoms with van der Waals surface area (Å²) in [5.74, 6) is -1.07. The molecule has 0 aliphatic carbocycles. The summed E-state index contributed by atoms with van der Waals surface area (Å²) in [6.45, 7) is 0. The summed E-state index contributed by atoms with van der Waals surface area (Å²) in [4.78, 5) is 38.6. The topological polar surface area (TPSA) is 75.7 Å². The molecule has 132 valence electrons. The zero-order chi connectivity index (χ0) is 18.3. The van der Waals surface area contributed by atoms with E-state index < -0.39 is 18.2 Å². The van der Waals surface area contributed by atoms with E-state index in [1.165, 1.54) is 4.90 Å². The molecule has 2 aliphatic heterocycles. The molecule has 0 aromatic heterocycles. The number of hydrogen-bond acceptors (Lipinski definition) is 4. The average Bonchev–Trinajstić information content (AvgIpc) is 3.17. The number of ether oxygens (including phenoxy) is 1. The monoisotopic (exact) mass is 370 g/mol. The first-order chi connectivity index (χ1) is 12.6. The van der Waals surface area contributed by atoms with Crippen molar-refractivity contribution in [1.29, 1.82) is 0 Å². The predicted molar refractivity (Wildman–Crippen MR) is 94.5 cm³/mol. The third-order valence-electron chi connectivity index (χ3n) is 4.61. The van der Waals surface area contributed by atoms with E-state index in [4.69, 9.17) is 16.3 Å². The lowest BCUT2D eigenvalue weighted by molar-refractivity contribution is -0.144. The number of anilines is 1. The molecule has 0 spiro atoms. The first kappa shape index (κ1) is 16.6. The van der Waals surface area contributed by atoms with Gasteiger partial charge in [0.1, 0.15) is 6.04 Å². The van der Waals surface area contributed by atoms with E-state index in [1.54, 1.807) is 48.5 Å². The quantitative estimate of drug-likeness (QED) is 0.842. The largest absolute Gasteiger partial charge is 0.433 e. The summed E-state index contributed by atoms with van der Waals surface area (Å²) in [5.41, 5.74) is 1.49. The molecular weight excluding hydrogens is 356 g/mol. The van der Waals surface area contributed by atoms with Crippen molar-refractivity contribution in [1.82, 2.24) is 4.90 Å². The summed E-state index contributed by atoms with van der Waals surface area (Å²) < 4.78 is 5.40. The molecule has 0 radical (unpaired) electrons. The number of rotatable bonds is 3. The van der Waals surface area contributed by atoms with Crippen molar-refractivity contribution < 1.29 is 19.1 Å². The van der Waals surface area contributed by atoms with Gasteiger partial charge in [-0.2, -0.15) is 0 Å². The van der Waals surface area contributed by atoms with Gasteiger partial charge in [0.25, 0.3) is 0 Å². The molecule has 0 bridgehead atoms. The second-order valence-electron chi connectivity index (χ2n) is 6.17. The van der Waals surface area contributed by atoms with Crippen molar-refractivity contribution in [2.45, 2.75) is 25.1 Å². The molecular formula is C19H15ClN2O4. The van der Waals surface area contributed by atoms with E-state index >= 15 is 0 Å². The maximum absolute atomic E-state index is 12.8.